The molecule has 0 aliphatic heterocycles. The Hall–Kier alpha value is -1.33. The molecule has 0 bridgehead atoms. The Morgan fingerprint density at radius 1 is 1.38 bits per heavy atom. The Morgan fingerprint density at radius 2 is 2.31 bits per heavy atom. The van der Waals surface area contributed by atoms with Gasteiger partial charge in [-0.3, -0.25) is 9.97 Å². The number of hydrogen-bond acceptors (Lipinski definition) is 5. The molecule has 4 nitrogen and oxygen atoms in total. The summed E-state index contributed by atoms with van der Waals surface area (Å²) in [4.78, 5) is 12.5. The molecule has 0 saturated carbocycles. The quantitative estimate of drug-likeness (QED) is 0.857. The van der Waals surface area contributed by atoms with Crippen molar-refractivity contribution in [1.29, 1.82) is 0 Å². The van der Waals surface area contributed by atoms with Crippen LogP contribution in [0.5, 0.6) is 0 Å². The predicted octanol–water partition coefficient (Wildman–Crippen LogP) is 1.83. The van der Waals surface area contributed by atoms with E-state index in [2.05, 4.69) is 32.6 Å². The molecule has 2 rings (SSSR count). The Balaban J connectivity index is 1.78. The Labute approximate surface area is 98.8 Å². The topological polar surface area (TPSA) is 50.7 Å². The molecule has 0 fully saturated rings. The van der Waals surface area contributed by atoms with Gasteiger partial charge in [0.15, 0.2) is 0 Å². The molecule has 1 unspecified atom stereocenters. The summed E-state index contributed by atoms with van der Waals surface area (Å²) in [6.07, 6.45) is 6.15. The average molecular weight is 234 g/mol. The van der Waals surface area contributed by atoms with Gasteiger partial charge < -0.3 is 5.32 Å². The van der Waals surface area contributed by atoms with E-state index in [0.717, 1.165) is 24.4 Å². The Kier molecular flexibility index (Phi) is 3.96. The molecule has 2 aromatic rings. The van der Waals surface area contributed by atoms with Gasteiger partial charge in [-0.15, -0.1) is 11.3 Å². The molecule has 2 aromatic heterocycles. The van der Waals surface area contributed by atoms with Crippen molar-refractivity contribution >= 4 is 11.3 Å². The summed E-state index contributed by atoms with van der Waals surface area (Å²) in [5, 5.41) is 5.48. The highest BCUT2D eigenvalue weighted by atomic mass is 32.1. The third-order valence-corrected chi connectivity index (χ3v) is 2.98. The lowest BCUT2D eigenvalue weighted by Gasteiger charge is -2.11. The molecule has 0 aliphatic carbocycles. The minimum Gasteiger partial charge on any atom is -0.308 e. The molecular weight excluding hydrogens is 220 g/mol. The van der Waals surface area contributed by atoms with Gasteiger partial charge in [-0.1, -0.05) is 0 Å². The van der Waals surface area contributed by atoms with E-state index in [9.17, 15) is 0 Å². The zero-order valence-electron chi connectivity index (χ0n) is 9.13. The molecule has 2 heterocycles. The van der Waals surface area contributed by atoms with Gasteiger partial charge in [0.2, 0.25) is 0 Å². The number of aromatic nitrogens is 3. The van der Waals surface area contributed by atoms with Gasteiger partial charge in [0, 0.05) is 43.0 Å². The first-order chi connectivity index (χ1) is 7.86. The second-order valence-electron chi connectivity index (χ2n) is 3.54. The highest BCUT2D eigenvalue weighted by Gasteiger charge is 2.05. The molecular formula is C11H14N4S. The lowest BCUT2D eigenvalue weighted by atomic mass is 10.2. The normalized spacial score (nSPS) is 12.6. The molecule has 1 atom stereocenters. The smallest absolute Gasteiger partial charge is 0.0794 e. The molecule has 0 spiro atoms. The number of hydrogen-bond donors (Lipinski definition) is 1. The molecule has 0 aromatic carbocycles. The standard InChI is InChI=1S/C11H14N4S/c1-9(11-6-12-4-5-14-11)13-3-2-10-7-16-8-15-10/h4-9,13H,2-3H2,1H3. The predicted molar refractivity (Wildman–Crippen MR) is 64.3 cm³/mol. The molecule has 0 aliphatic rings. The third kappa shape index (κ3) is 3.08. The van der Waals surface area contributed by atoms with Crippen molar-refractivity contribution in [3.05, 3.63) is 40.9 Å². The van der Waals surface area contributed by atoms with Crippen LogP contribution in [-0.2, 0) is 6.42 Å². The lowest BCUT2D eigenvalue weighted by molar-refractivity contribution is 0.560. The van der Waals surface area contributed by atoms with Crippen LogP contribution in [0, 0.1) is 0 Å². The minimum absolute atomic E-state index is 0.229. The molecule has 0 amide bonds. The maximum absolute atomic E-state index is 4.26. The van der Waals surface area contributed by atoms with Crippen molar-refractivity contribution in [1.82, 2.24) is 20.3 Å². The van der Waals surface area contributed by atoms with Crippen LogP contribution < -0.4 is 5.32 Å². The van der Waals surface area contributed by atoms with Crippen LogP contribution in [0.25, 0.3) is 0 Å². The molecule has 5 heteroatoms. The molecule has 1 N–H and O–H groups in total. The average Bonchev–Trinajstić information content (AvgIpc) is 2.83. The maximum atomic E-state index is 4.26. The number of nitrogens with one attached hydrogen (secondary N) is 1. The van der Waals surface area contributed by atoms with E-state index in [1.54, 1.807) is 29.9 Å². The van der Waals surface area contributed by atoms with Gasteiger partial charge in [-0.2, -0.15) is 0 Å². The fraction of sp³-hybridized carbons (Fsp3) is 0.364. The molecule has 84 valence electrons. The van der Waals surface area contributed by atoms with E-state index in [-0.39, 0.29) is 6.04 Å². The Bertz CT molecular complexity index is 401. The monoisotopic (exact) mass is 234 g/mol. The largest absolute Gasteiger partial charge is 0.308 e. The van der Waals surface area contributed by atoms with Gasteiger partial charge in [0.1, 0.15) is 0 Å². The van der Waals surface area contributed by atoms with E-state index in [0.29, 0.717) is 0 Å². The van der Waals surface area contributed by atoms with E-state index >= 15 is 0 Å². The minimum atomic E-state index is 0.229. The van der Waals surface area contributed by atoms with Crippen molar-refractivity contribution in [2.75, 3.05) is 6.54 Å². The number of thiazole rings is 1. The van der Waals surface area contributed by atoms with Crippen molar-refractivity contribution in [2.24, 2.45) is 0 Å². The van der Waals surface area contributed by atoms with Crippen molar-refractivity contribution in [3.63, 3.8) is 0 Å². The van der Waals surface area contributed by atoms with Crippen LogP contribution in [0.3, 0.4) is 0 Å². The second-order valence-corrected chi connectivity index (χ2v) is 4.25. The summed E-state index contributed by atoms with van der Waals surface area (Å²) in [5.74, 6) is 0. The fourth-order valence-corrected chi connectivity index (χ4v) is 2.01. The van der Waals surface area contributed by atoms with Crippen molar-refractivity contribution in [2.45, 2.75) is 19.4 Å². The van der Waals surface area contributed by atoms with Crippen LogP contribution in [0.15, 0.2) is 29.5 Å². The summed E-state index contributed by atoms with van der Waals surface area (Å²) in [6, 6.07) is 0.229. The van der Waals surface area contributed by atoms with Crippen LogP contribution in [0.1, 0.15) is 24.4 Å². The maximum Gasteiger partial charge on any atom is 0.0794 e. The summed E-state index contributed by atoms with van der Waals surface area (Å²) in [6.45, 7) is 2.99. The summed E-state index contributed by atoms with van der Waals surface area (Å²) in [7, 11) is 0. The van der Waals surface area contributed by atoms with Gasteiger partial charge in [0.05, 0.1) is 16.9 Å². The molecule has 16 heavy (non-hydrogen) atoms. The number of rotatable bonds is 5. The van der Waals surface area contributed by atoms with Crippen LogP contribution in [0.4, 0.5) is 0 Å². The summed E-state index contributed by atoms with van der Waals surface area (Å²) < 4.78 is 0. The SMILES string of the molecule is CC(NCCc1cscn1)c1cnccn1. The van der Waals surface area contributed by atoms with Crippen LogP contribution >= 0.6 is 11.3 Å². The van der Waals surface area contributed by atoms with E-state index in [1.807, 2.05) is 5.51 Å². The number of nitrogens with zero attached hydrogens (tertiary/aromatic N) is 3. The van der Waals surface area contributed by atoms with Gasteiger partial charge in [0.25, 0.3) is 0 Å². The highest BCUT2D eigenvalue weighted by Crippen LogP contribution is 2.07. The molecule has 0 radical (unpaired) electrons. The fourth-order valence-electron chi connectivity index (χ4n) is 1.42. The Morgan fingerprint density at radius 3 is 3.00 bits per heavy atom. The van der Waals surface area contributed by atoms with Gasteiger partial charge in [-0.05, 0) is 6.92 Å². The van der Waals surface area contributed by atoms with E-state index in [1.165, 1.54) is 0 Å². The van der Waals surface area contributed by atoms with Crippen molar-refractivity contribution < 1.29 is 0 Å². The third-order valence-electron chi connectivity index (χ3n) is 2.34. The van der Waals surface area contributed by atoms with Crippen LogP contribution in [-0.4, -0.2) is 21.5 Å². The second kappa shape index (κ2) is 5.67. The molecule has 0 saturated heterocycles. The zero-order valence-corrected chi connectivity index (χ0v) is 9.94. The summed E-state index contributed by atoms with van der Waals surface area (Å²) >= 11 is 1.63. The summed E-state index contributed by atoms with van der Waals surface area (Å²) in [5.41, 5.74) is 3.98. The van der Waals surface area contributed by atoms with Crippen LogP contribution in [0.2, 0.25) is 0 Å². The lowest BCUT2D eigenvalue weighted by Crippen LogP contribution is -2.22. The first-order valence-electron chi connectivity index (χ1n) is 5.22. The highest BCUT2D eigenvalue weighted by molar-refractivity contribution is 7.07. The van der Waals surface area contributed by atoms with Gasteiger partial charge >= 0.3 is 0 Å². The van der Waals surface area contributed by atoms with E-state index in [4.69, 9.17) is 0 Å². The first-order valence-corrected chi connectivity index (χ1v) is 6.17. The van der Waals surface area contributed by atoms with Gasteiger partial charge in [-0.25, -0.2) is 4.98 Å². The van der Waals surface area contributed by atoms with Crippen molar-refractivity contribution in [3.8, 4) is 0 Å². The first kappa shape index (κ1) is 11.2. The zero-order chi connectivity index (χ0) is 11.2. The van der Waals surface area contributed by atoms with E-state index < -0.39 is 0 Å².